The molecule has 0 fully saturated rings. The van der Waals surface area contributed by atoms with Gasteiger partial charge in [-0.05, 0) is 24.6 Å². The van der Waals surface area contributed by atoms with Gasteiger partial charge in [0.25, 0.3) is 0 Å². The summed E-state index contributed by atoms with van der Waals surface area (Å²) in [5.41, 5.74) is 0.983. The lowest BCUT2D eigenvalue weighted by atomic mass is 10.1. The average Bonchev–Trinajstić information content (AvgIpc) is 2.37. The Hall–Kier alpha value is -1.60. The first kappa shape index (κ1) is 16.5. The lowest BCUT2D eigenvalue weighted by molar-refractivity contribution is -0.142. The van der Waals surface area contributed by atoms with Gasteiger partial charge in [-0.1, -0.05) is 28.1 Å². The van der Waals surface area contributed by atoms with Crippen molar-refractivity contribution >= 4 is 27.9 Å². The molecule has 1 aromatic carbocycles. The number of carboxylic acids is 1. The Bertz CT molecular complexity index is 467. The van der Waals surface area contributed by atoms with Crippen molar-refractivity contribution in [3.63, 3.8) is 0 Å². The molecule has 0 spiro atoms. The van der Waals surface area contributed by atoms with Crippen LogP contribution in [0.15, 0.2) is 28.7 Å². The molecular weight excluding hydrogens is 328 g/mol. The third-order valence-corrected chi connectivity index (χ3v) is 2.95. The third-order valence-electron chi connectivity index (χ3n) is 2.45. The molecule has 0 aliphatic rings. The molecule has 1 rings (SSSR count). The Morgan fingerprint density at radius 1 is 1.45 bits per heavy atom. The third kappa shape index (κ3) is 6.53. The highest BCUT2D eigenvalue weighted by Crippen LogP contribution is 2.17. The number of aliphatic carboxylic acids is 1. The van der Waals surface area contributed by atoms with Crippen molar-refractivity contribution in [2.75, 3.05) is 19.8 Å². The number of benzene rings is 1. The summed E-state index contributed by atoms with van der Waals surface area (Å²) in [6.45, 7) is 1.93. The number of ether oxygens (including phenoxy) is 1. The minimum Gasteiger partial charge on any atom is -0.480 e. The number of hydrogen-bond acceptors (Lipinski definition) is 3. The van der Waals surface area contributed by atoms with Crippen LogP contribution in [0.2, 0.25) is 0 Å². The van der Waals surface area contributed by atoms with Gasteiger partial charge in [0.15, 0.2) is 0 Å². The molecule has 110 valence electrons. The van der Waals surface area contributed by atoms with Gasteiger partial charge in [0.1, 0.15) is 6.61 Å². The van der Waals surface area contributed by atoms with Crippen LogP contribution in [0.3, 0.4) is 0 Å². The number of carbonyl (C=O) groups excluding carboxylic acids is 1. The minimum atomic E-state index is -1.03. The largest absolute Gasteiger partial charge is 0.480 e. The second-order valence-corrected chi connectivity index (χ2v) is 5.04. The lowest BCUT2D eigenvalue weighted by Gasteiger charge is -2.15. The average molecular weight is 345 g/mol. The van der Waals surface area contributed by atoms with Gasteiger partial charge in [0.2, 0.25) is 0 Å². The van der Waals surface area contributed by atoms with Crippen molar-refractivity contribution in [2.45, 2.75) is 13.0 Å². The van der Waals surface area contributed by atoms with Gasteiger partial charge in [-0.25, -0.2) is 9.59 Å². The SMILES string of the molecule is CC(NC(=O)NCCOCC(=O)O)c1cccc(Br)c1. The van der Waals surface area contributed by atoms with Crippen molar-refractivity contribution < 1.29 is 19.4 Å². The number of nitrogens with one attached hydrogen (secondary N) is 2. The van der Waals surface area contributed by atoms with Gasteiger partial charge in [0.05, 0.1) is 12.6 Å². The fraction of sp³-hybridized carbons (Fsp3) is 0.385. The van der Waals surface area contributed by atoms with Crippen LogP contribution < -0.4 is 10.6 Å². The number of carbonyl (C=O) groups is 2. The molecule has 0 bridgehead atoms. The zero-order valence-electron chi connectivity index (χ0n) is 11.1. The smallest absolute Gasteiger partial charge is 0.329 e. The van der Waals surface area contributed by atoms with Crippen molar-refractivity contribution in [3.05, 3.63) is 34.3 Å². The number of urea groups is 1. The number of halogens is 1. The Balaban J connectivity index is 2.26. The molecule has 20 heavy (non-hydrogen) atoms. The first-order valence-electron chi connectivity index (χ1n) is 6.08. The molecule has 0 aliphatic carbocycles. The summed E-state index contributed by atoms with van der Waals surface area (Å²) >= 11 is 3.37. The zero-order chi connectivity index (χ0) is 15.0. The van der Waals surface area contributed by atoms with Crippen LogP contribution in [0.25, 0.3) is 0 Å². The van der Waals surface area contributed by atoms with Crippen molar-refractivity contribution in [2.24, 2.45) is 0 Å². The molecule has 0 aliphatic heterocycles. The van der Waals surface area contributed by atoms with E-state index in [0.717, 1.165) is 10.0 Å². The van der Waals surface area contributed by atoms with Crippen LogP contribution in [0.5, 0.6) is 0 Å². The second kappa shape index (κ2) is 8.55. The summed E-state index contributed by atoms with van der Waals surface area (Å²) in [7, 11) is 0. The van der Waals surface area contributed by atoms with Gasteiger partial charge < -0.3 is 20.5 Å². The molecule has 0 radical (unpaired) electrons. The normalized spacial score (nSPS) is 11.7. The van der Waals surface area contributed by atoms with E-state index in [1.165, 1.54) is 0 Å². The molecule has 1 unspecified atom stereocenters. The van der Waals surface area contributed by atoms with Crippen LogP contribution in [0.1, 0.15) is 18.5 Å². The number of hydrogen-bond donors (Lipinski definition) is 3. The van der Waals surface area contributed by atoms with E-state index in [4.69, 9.17) is 9.84 Å². The molecule has 0 saturated carbocycles. The monoisotopic (exact) mass is 344 g/mol. The fourth-order valence-corrected chi connectivity index (χ4v) is 1.92. The lowest BCUT2D eigenvalue weighted by Crippen LogP contribution is -2.38. The summed E-state index contributed by atoms with van der Waals surface area (Å²) in [5.74, 6) is -1.03. The summed E-state index contributed by atoms with van der Waals surface area (Å²) in [6.07, 6.45) is 0. The van der Waals surface area contributed by atoms with Gasteiger partial charge in [-0.2, -0.15) is 0 Å². The van der Waals surface area contributed by atoms with Gasteiger partial charge in [-0.15, -0.1) is 0 Å². The molecule has 3 N–H and O–H groups in total. The van der Waals surface area contributed by atoms with Crippen LogP contribution in [-0.2, 0) is 9.53 Å². The molecule has 0 saturated heterocycles. The van der Waals surface area contributed by atoms with E-state index in [0.29, 0.717) is 0 Å². The van der Waals surface area contributed by atoms with Crippen LogP contribution in [0.4, 0.5) is 4.79 Å². The van der Waals surface area contributed by atoms with Crippen LogP contribution in [-0.4, -0.2) is 36.9 Å². The molecular formula is C13H17BrN2O4. The highest BCUT2D eigenvalue weighted by molar-refractivity contribution is 9.10. The first-order valence-corrected chi connectivity index (χ1v) is 6.87. The van der Waals surface area contributed by atoms with E-state index in [2.05, 4.69) is 26.6 Å². The van der Waals surface area contributed by atoms with Crippen LogP contribution in [0, 0.1) is 0 Å². The highest BCUT2D eigenvalue weighted by atomic mass is 79.9. The maximum Gasteiger partial charge on any atom is 0.329 e. The standard InChI is InChI=1S/C13H17BrN2O4/c1-9(10-3-2-4-11(14)7-10)16-13(19)15-5-6-20-8-12(17)18/h2-4,7,9H,5-6,8H2,1H3,(H,17,18)(H2,15,16,19). The van der Waals surface area contributed by atoms with E-state index in [-0.39, 0.29) is 31.8 Å². The molecule has 7 heteroatoms. The summed E-state index contributed by atoms with van der Waals surface area (Å²) < 4.78 is 5.75. The van der Waals surface area contributed by atoms with Crippen LogP contribution >= 0.6 is 15.9 Å². The maximum absolute atomic E-state index is 11.6. The van der Waals surface area contributed by atoms with E-state index in [1.807, 2.05) is 31.2 Å². The number of amides is 2. The summed E-state index contributed by atoms with van der Waals surface area (Å²) in [6, 6.07) is 7.21. The number of carboxylic acid groups (broad SMARTS) is 1. The maximum atomic E-state index is 11.6. The number of rotatable bonds is 7. The molecule has 0 heterocycles. The molecule has 1 atom stereocenters. The second-order valence-electron chi connectivity index (χ2n) is 4.12. The van der Waals surface area contributed by atoms with Crippen molar-refractivity contribution in [3.8, 4) is 0 Å². The van der Waals surface area contributed by atoms with E-state index < -0.39 is 5.97 Å². The predicted octanol–water partition coefficient (Wildman–Crippen LogP) is 1.91. The Morgan fingerprint density at radius 2 is 2.20 bits per heavy atom. The van der Waals surface area contributed by atoms with Gasteiger partial charge in [0, 0.05) is 11.0 Å². The van der Waals surface area contributed by atoms with Crippen molar-refractivity contribution in [1.82, 2.24) is 10.6 Å². The quantitative estimate of drug-likeness (QED) is 0.659. The van der Waals surface area contributed by atoms with Gasteiger partial charge in [-0.3, -0.25) is 0 Å². The Kier molecular flexibility index (Phi) is 7.03. The zero-order valence-corrected chi connectivity index (χ0v) is 12.6. The molecule has 6 nitrogen and oxygen atoms in total. The van der Waals surface area contributed by atoms with Gasteiger partial charge >= 0.3 is 12.0 Å². The highest BCUT2D eigenvalue weighted by Gasteiger charge is 2.09. The predicted molar refractivity (Wildman–Crippen MR) is 77.5 cm³/mol. The fourth-order valence-electron chi connectivity index (χ4n) is 1.50. The Labute approximate surface area is 125 Å². The van der Waals surface area contributed by atoms with E-state index in [1.54, 1.807) is 0 Å². The minimum absolute atomic E-state index is 0.132. The summed E-state index contributed by atoms with van der Waals surface area (Å²) in [5, 5.41) is 13.7. The Morgan fingerprint density at radius 3 is 2.85 bits per heavy atom. The topological polar surface area (TPSA) is 87.7 Å². The summed E-state index contributed by atoms with van der Waals surface area (Å²) in [4.78, 5) is 21.8. The first-order chi connectivity index (χ1) is 9.49. The molecule has 1 aromatic rings. The van der Waals surface area contributed by atoms with E-state index in [9.17, 15) is 9.59 Å². The molecule has 0 aromatic heterocycles. The van der Waals surface area contributed by atoms with E-state index >= 15 is 0 Å². The van der Waals surface area contributed by atoms with Crippen molar-refractivity contribution in [1.29, 1.82) is 0 Å². The molecule has 2 amide bonds.